The predicted molar refractivity (Wildman–Crippen MR) is 74.0 cm³/mol. The van der Waals surface area contributed by atoms with Crippen molar-refractivity contribution in [2.45, 2.75) is 19.6 Å². The zero-order valence-electron chi connectivity index (χ0n) is 10.0. The Hall–Kier alpha value is -1.17. The maximum atomic E-state index is 8.80. The highest BCUT2D eigenvalue weighted by atomic mass is 79.9. The Balaban J connectivity index is 1.83. The number of aromatic nitrogens is 2. The van der Waals surface area contributed by atoms with Gasteiger partial charge >= 0.3 is 0 Å². The van der Waals surface area contributed by atoms with Crippen LogP contribution in [0.15, 0.2) is 41.1 Å². The smallest absolute Gasteiger partial charge is 0.0640 e. The molecule has 4 nitrogen and oxygen atoms in total. The first-order valence-corrected chi connectivity index (χ1v) is 6.65. The Morgan fingerprint density at radius 3 is 2.89 bits per heavy atom. The number of aliphatic hydroxyl groups excluding tert-OH is 1. The van der Waals surface area contributed by atoms with E-state index in [0.717, 1.165) is 23.1 Å². The van der Waals surface area contributed by atoms with E-state index in [9.17, 15) is 0 Å². The van der Waals surface area contributed by atoms with Gasteiger partial charge in [0.2, 0.25) is 0 Å². The van der Waals surface area contributed by atoms with Gasteiger partial charge in [0.25, 0.3) is 0 Å². The van der Waals surface area contributed by atoms with Crippen LogP contribution in [0.4, 0.5) is 0 Å². The van der Waals surface area contributed by atoms with Crippen LogP contribution in [0.1, 0.15) is 11.1 Å². The quantitative estimate of drug-likeness (QED) is 0.857. The second kappa shape index (κ2) is 6.68. The molecule has 0 saturated carbocycles. The molecule has 0 atom stereocenters. The highest BCUT2D eigenvalue weighted by Gasteiger charge is 2.00. The maximum Gasteiger partial charge on any atom is 0.0640 e. The van der Waals surface area contributed by atoms with Crippen LogP contribution in [0.2, 0.25) is 0 Å². The molecule has 0 aliphatic rings. The fraction of sp³-hybridized carbons (Fsp3) is 0.308. The molecule has 0 unspecified atom stereocenters. The summed E-state index contributed by atoms with van der Waals surface area (Å²) < 4.78 is 2.86. The molecule has 96 valence electrons. The average Bonchev–Trinajstić information content (AvgIpc) is 2.80. The van der Waals surface area contributed by atoms with E-state index in [0.29, 0.717) is 6.54 Å². The second-order valence-corrected chi connectivity index (χ2v) is 4.88. The van der Waals surface area contributed by atoms with E-state index in [4.69, 9.17) is 5.11 Å². The molecular weight excluding hydrogens is 294 g/mol. The fourth-order valence-corrected chi connectivity index (χ4v) is 2.13. The van der Waals surface area contributed by atoms with Crippen molar-refractivity contribution in [3.63, 3.8) is 0 Å². The molecule has 2 aromatic rings. The number of halogens is 1. The molecule has 0 aliphatic heterocycles. The third-order valence-electron chi connectivity index (χ3n) is 2.62. The van der Waals surface area contributed by atoms with E-state index >= 15 is 0 Å². The van der Waals surface area contributed by atoms with E-state index < -0.39 is 0 Å². The van der Waals surface area contributed by atoms with Crippen LogP contribution in [0.5, 0.6) is 0 Å². The van der Waals surface area contributed by atoms with Crippen molar-refractivity contribution in [1.29, 1.82) is 0 Å². The zero-order chi connectivity index (χ0) is 12.8. The number of hydrogen-bond donors (Lipinski definition) is 2. The largest absolute Gasteiger partial charge is 0.394 e. The van der Waals surface area contributed by atoms with Gasteiger partial charge in [0, 0.05) is 29.3 Å². The highest BCUT2D eigenvalue weighted by molar-refractivity contribution is 9.10. The van der Waals surface area contributed by atoms with Crippen LogP contribution in [0, 0.1) is 0 Å². The Kier molecular flexibility index (Phi) is 4.92. The highest BCUT2D eigenvalue weighted by Crippen LogP contribution is 2.15. The number of nitrogens with zero attached hydrogens (tertiary/aromatic N) is 2. The van der Waals surface area contributed by atoms with Crippen molar-refractivity contribution in [3.05, 3.63) is 52.3 Å². The van der Waals surface area contributed by atoms with Gasteiger partial charge < -0.3 is 10.4 Å². The third-order valence-corrected chi connectivity index (χ3v) is 3.39. The maximum absolute atomic E-state index is 8.80. The van der Waals surface area contributed by atoms with Gasteiger partial charge in [-0.05, 0) is 11.6 Å². The van der Waals surface area contributed by atoms with Crippen LogP contribution in [-0.4, -0.2) is 21.5 Å². The molecule has 1 aromatic heterocycles. The molecule has 0 saturated heterocycles. The van der Waals surface area contributed by atoms with Crippen LogP contribution in [-0.2, 0) is 19.6 Å². The number of nitrogens with one attached hydrogen (secondary N) is 1. The summed E-state index contributed by atoms with van der Waals surface area (Å²) in [7, 11) is 0. The van der Waals surface area contributed by atoms with Crippen molar-refractivity contribution >= 4 is 15.9 Å². The Bertz CT molecular complexity index is 498. The van der Waals surface area contributed by atoms with Crippen molar-refractivity contribution in [2.24, 2.45) is 0 Å². The summed E-state index contributed by atoms with van der Waals surface area (Å²) in [5.41, 5.74) is 2.36. The van der Waals surface area contributed by atoms with Gasteiger partial charge in [-0.15, -0.1) is 0 Å². The lowest BCUT2D eigenvalue weighted by molar-refractivity contribution is 0.269. The summed E-state index contributed by atoms with van der Waals surface area (Å²) in [6.07, 6.45) is 3.77. The molecule has 2 rings (SSSR count). The Morgan fingerprint density at radius 2 is 2.11 bits per heavy atom. The van der Waals surface area contributed by atoms with Crippen molar-refractivity contribution in [1.82, 2.24) is 15.1 Å². The van der Waals surface area contributed by atoms with E-state index in [1.165, 1.54) is 5.56 Å². The van der Waals surface area contributed by atoms with Crippen molar-refractivity contribution in [3.8, 4) is 0 Å². The lowest BCUT2D eigenvalue weighted by Gasteiger charge is -2.05. The standard InChI is InChI=1S/C13H16BrN3O/c14-13-4-2-1-3-12(13)9-15-7-11-8-16-17(10-11)5-6-18/h1-4,8,10,15,18H,5-7,9H2. The molecule has 0 bridgehead atoms. The molecule has 5 heteroatoms. The van der Waals surface area contributed by atoms with E-state index in [-0.39, 0.29) is 6.61 Å². The van der Waals surface area contributed by atoms with Gasteiger partial charge in [-0.1, -0.05) is 34.1 Å². The normalized spacial score (nSPS) is 10.8. The summed E-state index contributed by atoms with van der Waals surface area (Å²) in [5, 5.41) is 16.3. The first-order valence-electron chi connectivity index (χ1n) is 5.86. The predicted octanol–water partition coefficient (Wildman–Crippen LogP) is 1.93. The van der Waals surface area contributed by atoms with Crippen LogP contribution >= 0.6 is 15.9 Å². The summed E-state index contributed by atoms with van der Waals surface area (Å²) in [5.74, 6) is 0. The van der Waals surface area contributed by atoms with Crippen LogP contribution in [0.25, 0.3) is 0 Å². The number of rotatable bonds is 6. The monoisotopic (exact) mass is 309 g/mol. The van der Waals surface area contributed by atoms with Crippen LogP contribution in [0.3, 0.4) is 0 Å². The number of benzene rings is 1. The average molecular weight is 310 g/mol. The van der Waals surface area contributed by atoms with Crippen LogP contribution < -0.4 is 5.32 Å². The van der Waals surface area contributed by atoms with Gasteiger partial charge in [0.1, 0.15) is 0 Å². The third kappa shape index (κ3) is 3.66. The van der Waals surface area contributed by atoms with E-state index in [1.54, 1.807) is 4.68 Å². The molecular formula is C13H16BrN3O. The minimum Gasteiger partial charge on any atom is -0.394 e. The molecule has 2 N–H and O–H groups in total. The molecule has 0 amide bonds. The minimum atomic E-state index is 0.117. The first-order chi connectivity index (χ1) is 8.79. The lowest BCUT2D eigenvalue weighted by atomic mass is 10.2. The summed E-state index contributed by atoms with van der Waals surface area (Å²) in [6, 6.07) is 8.16. The topological polar surface area (TPSA) is 50.1 Å². The number of aliphatic hydroxyl groups is 1. The summed E-state index contributed by atoms with van der Waals surface area (Å²) in [4.78, 5) is 0. The fourth-order valence-electron chi connectivity index (χ4n) is 1.71. The van der Waals surface area contributed by atoms with Gasteiger partial charge in [-0.2, -0.15) is 5.10 Å². The summed E-state index contributed by atoms with van der Waals surface area (Å²) >= 11 is 3.52. The first kappa shape index (κ1) is 13.3. The minimum absolute atomic E-state index is 0.117. The molecule has 0 radical (unpaired) electrons. The Labute approximate surface area is 115 Å². The van der Waals surface area contributed by atoms with Gasteiger partial charge in [0.05, 0.1) is 19.3 Å². The van der Waals surface area contributed by atoms with Gasteiger partial charge in [0.15, 0.2) is 0 Å². The Morgan fingerprint density at radius 1 is 1.28 bits per heavy atom. The molecule has 1 aromatic carbocycles. The molecule has 0 spiro atoms. The second-order valence-electron chi connectivity index (χ2n) is 4.03. The van der Waals surface area contributed by atoms with Crippen molar-refractivity contribution < 1.29 is 5.11 Å². The van der Waals surface area contributed by atoms with Crippen molar-refractivity contribution in [2.75, 3.05) is 6.61 Å². The van der Waals surface area contributed by atoms with Gasteiger partial charge in [-0.3, -0.25) is 4.68 Å². The van der Waals surface area contributed by atoms with E-state index in [1.807, 2.05) is 30.6 Å². The lowest BCUT2D eigenvalue weighted by Crippen LogP contribution is -2.12. The molecule has 0 aliphatic carbocycles. The van der Waals surface area contributed by atoms with E-state index in [2.05, 4.69) is 32.4 Å². The zero-order valence-corrected chi connectivity index (χ0v) is 11.6. The number of hydrogen-bond acceptors (Lipinski definition) is 3. The molecule has 1 heterocycles. The summed E-state index contributed by atoms with van der Waals surface area (Å²) in [6.45, 7) is 2.25. The SMILES string of the molecule is OCCn1cc(CNCc2ccccc2Br)cn1. The molecule has 18 heavy (non-hydrogen) atoms. The molecule has 0 fully saturated rings. The van der Waals surface area contributed by atoms with Gasteiger partial charge in [-0.25, -0.2) is 0 Å².